The second-order valence-electron chi connectivity index (χ2n) is 2.81. The molecule has 0 radical (unpaired) electrons. The first-order chi connectivity index (χ1) is 6.26. The Hall–Kier alpha value is -0.130. The normalized spacial score (nSPS) is 13.2. The van der Waals surface area contributed by atoms with Gasteiger partial charge in [-0.1, -0.05) is 18.7 Å². The van der Waals surface area contributed by atoms with Crippen LogP contribution in [0.4, 0.5) is 0 Å². The van der Waals surface area contributed by atoms with E-state index in [0.717, 1.165) is 22.3 Å². The van der Waals surface area contributed by atoms with E-state index in [2.05, 4.69) is 21.6 Å². The summed E-state index contributed by atoms with van der Waals surface area (Å²) in [5, 5.41) is 3.26. The number of hydrogen-bond acceptors (Lipinski definition) is 5. The van der Waals surface area contributed by atoms with E-state index in [-0.39, 0.29) is 0 Å². The van der Waals surface area contributed by atoms with Crippen molar-refractivity contribution in [1.29, 1.82) is 0 Å². The molecule has 0 bridgehead atoms. The second-order valence-corrected chi connectivity index (χ2v) is 4.83. The molecule has 0 fully saturated rings. The van der Waals surface area contributed by atoms with Gasteiger partial charge in [-0.2, -0.15) is 4.37 Å². The van der Waals surface area contributed by atoms with E-state index in [0.29, 0.717) is 6.04 Å². The smallest absolute Gasteiger partial charge is 0.170 e. The van der Waals surface area contributed by atoms with Crippen molar-refractivity contribution in [3.8, 4) is 0 Å². The third-order valence-corrected chi connectivity index (χ3v) is 3.91. The Morgan fingerprint density at radius 3 is 2.85 bits per heavy atom. The lowest BCUT2D eigenvalue weighted by molar-refractivity contribution is 0.601. The van der Waals surface area contributed by atoms with Gasteiger partial charge in [-0.25, -0.2) is 4.98 Å². The summed E-state index contributed by atoms with van der Waals surface area (Å²) in [7, 11) is 2.00. The molecule has 1 atom stereocenters. The van der Waals surface area contributed by atoms with E-state index in [1.54, 1.807) is 11.8 Å². The molecule has 0 saturated heterocycles. The molecule has 1 rings (SSSR count). The van der Waals surface area contributed by atoms with E-state index in [1.807, 2.05) is 14.0 Å². The van der Waals surface area contributed by atoms with Crippen LogP contribution in [0.2, 0.25) is 0 Å². The zero-order chi connectivity index (χ0) is 9.68. The molecule has 0 saturated carbocycles. The van der Waals surface area contributed by atoms with E-state index >= 15 is 0 Å². The van der Waals surface area contributed by atoms with Crippen LogP contribution in [0.25, 0.3) is 0 Å². The van der Waals surface area contributed by atoms with Gasteiger partial charge >= 0.3 is 0 Å². The minimum absolute atomic E-state index is 0.578. The third-order valence-electron chi connectivity index (χ3n) is 1.82. The van der Waals surface area contributed by atoms with Crippen LogP contribution in [0, 0.1) is 6.92 Å². The molecule has 13 heavy (non-hydrogen) atoms. The number of nitrogens with one attached hydrogen (secondary N) is 1. The summed E-state index contributed by atoms with van der Waals surface area (Å²) >= 11 is 3.27. The van der Waals surface area contributed by atoms with Crippen LogP contribution < -0.4 is 5.32 Å². The van der Waals surface area contributed by atoms with Gasteiger partial charge in [0, 0.05) is 11.8 Å². The van der Waals surface area contributed by atoms with Crippen LogP contribution in [-0.2, 0) is 0 Å². The summed E-state index contributed by atoms with van der Waals surface area (Å²) < 4.78 is 5.21. The van der Waals surface area contributed by atoms with Crippen LogP contribution in [-0.4, -0.2) is 28.2 Å². The maximum Gasteiger partial charge on any atom is 0.170 e. The maximum absolute atomic E-state index is 4.29. The maximum atomic E-state index is 4.29. The van der Waals surface area contributed by atoms with Crippen LogP contribution >= 0.6 is 23.3 Å². The van der Waals surface area contributed by atoms with Crippen molar-refractivity contribution in [3.05, 3.63) is 5.82 Å². The molecular formula is C8H15N3S2. The summed E-state index contributed by atoms with van der Waals surface area (Å²) in [6, 6.07) is 0.578. The summed E-state index contributed by atoms with van der Waals surface area (Å²) in [4.78, 5) is 4.29. The summed E-state index contributed by atoms with van der Waals surface area (Å²) in [6.45, 7) is 4.11. The molecule has 0 amide bonds. The molecule has 5 heteroatoms. The van der Waals surface area contributed by atoms with E-state index in [1.165, 1.54) is 11.5 Å². The lowest BCUT2D eigenvalue weighted by Gasteiger charge is -2.10. The molecule has 1 aromatic heterocycles. The first kappa shape index (κ1) is 10.9. The average Bonchev–Trinajstić information content (AvgIpc) is 2.53. The van der Waals surface area contributed by atoms with Gasteiger partial charge < -0.3 is 5.32 Å². The minimum atomic E-state index is 0.578. The van der Waals surface area contributed by atoms with Gasteiger partial charge in [0.05, 0.1) is 0 Å². The Balaban J connectivity index is 2.33. The molecule has 3 nitrogen and oxygen atoms in total. The third kappa shape index (κ3) is 3.62. The molecule has 0 aromatic carbocycles. The van der Waals surface area contributed by atoms with Crippen molar-refractivity contribution < 1.29 is 0 Å². The monoisotopic (exact) mass is 217 g/mol. The van der Waals surface area contributed by atoms with Crippen molar-refractivity contribution in [2.75, 3.05) is 12.8 Å². The largest absolute Gasteiger partial charge is 0.316 e. The first-order valence-electron chi connectivity index (χ1n) is 4.36. The molecule has 0 aliphatic heterocycles. The number of aryl methyl sites for hydroxylation is 1. The van der Waals surface area contributed by atoms with Crippen molar-refractivity contribution >= 4 is 23.3 Å². The van der Waals surface area contributed by atoms with Gasteiger partial charge in [0.15, 0.2) is 4.34 Å². The fourth-order valence-electron chi connectivity index (χ4n) is 0.914. The molecule has 1 unspecified atom stereocenters. The predicted octanol–water partition coefficient (Wildman–Crippen LogP) is 1.94. The van der Waals surface area contributed by atoms with Crippen LogP contribution in [0.1, 0.15) is 19.2 Å². The Bertz CT molecular complexity index is 245. The number of thioether (sulfide) groups is 1. The zero-order valence-electron chi connectivity index (χ0n) is 8.20. The average molecular weight is 217 g/mol. The number of rotatable bonds is 5. The fourth-order valence-corrected chi connectivity index (χ4v) is 2.81. The molecule has 74 valence electrons. The van der Waals surface area contributed by atoms with E-state index in [9.17, 15) is 0 Å². The van der Waals surface area contributed by atoms with Crippen LogP contribution in [0.15, 0.2) is 4.34 Å². The zero-order valence-corrected chi connectivity index (χ0v) is 9.84. The molecule has 1 N–H and O–H groups in total. The lowest BCUT2D eigenvalue weighted by Crippen LogP contribution is -2.26. The van der Waals surface area contributed by atoms with Gasteiger partial charge in [0.2, 0.25) is 0 Å². The summed E-state index contributed by atoms with van der Waals surface area (Å²) in [6.07, 6.45) is 1.15. The Labute approximate surface area is 87.5 Å². The minimum Gasteiger partial charge on any atom is -0.316 e. The first-order valence-corrected chi connectivity index (χ1v) is 6.12. The van der Waals surface area contributed by atoms with Crippen molar-refractivity contribution in [2.24, 2.45) is 0 Å². The fraction of sp³-hybridized carbons (Fsp3) is 0.750. The highest BCUT2D eigenvalue weighted by molar-refractivity contribution is 8.00. The van der Waals surface area contributed by atoms with Crippen LogP contribution in [0.5, 0.6) is 0 Å². The SMILES string of the molecule is CCC(CSc1nc(C)ns1)NC. The Morgan fingerprint density at radius 1 is 1.62 bits per heavy atom. The van der Waals surface area contributed by atoms with Gasteiger partial charge in [-0.15, -0.1) is 0 Å². The van der Waals surface area contributed by atoms with Gasteiger partial charge in [0.25, 0.3) is 0 Å². The highest BCUT2D eigenvalue weighted by Crippen LogP contribution is 2.20. The summed E-state index contributed by atoms with van der Waals surface area (Å²) in [5.74, 6) is 1.95. The summed E-state index contributed by atoms with van der Waals surface area (Å²) in [5.41, 5.74) is 0. The number of nitrogens with zero attached hydrogens (tertiary/aromatic N) is 2. The molecule has 1 heterocycles. The molecule has 0 aliphatic carbocycles. The predicted molar refractivity (Wildman–Crippen MR) is 58.5 cm³/mol. The van der Waals surface area contributed by atoms with Gasteiger partial charge in [-0.3, -0.25) is 0 Å². The van der Waals surface area contributed by atoms with E-state index in [4.69, 9.17) is 0 Å². The molecule has 0 spiro atoms. The Morgan fingerprint density at radius 2 is 2.38 bits per heavy atom. The van der Waals surface area contributed by atoms with Crippen molar-refractivity contribution in [1.82, 2.24) is 14.7 Å². The topological polar surface area (TPSA) is 37.8 Å². The van der Waals surface area contributed by atoms with Gasteiger partial charge in [0.1, 0.15) is 5.82 Å². The highest BCUT2D eigenvalue weighted by atomic mass is 32.2. The lowest BCUT2D eigenvalue weighted by atomic mass is 10.3. The van der Waals surface area contributed by atoms with Gasteiger partial charge in [-0.05, 0) is 31.9 Å². The standard InChI is InChI=1S/C8H15N3S2/c1-4-7(9-3)5-12-8-10-6(2)11-13-8/h7,9H,4-5H2,1-3H3. The number of aromatic nitrogens is 2. The Kier molecular flexibility index (Phi) is 4.69. The quantitative estimate of drug-likeness (QED) is 0.765. The van der Waals surface area contributed by atoms with E-state index < -0.39 is 0 Å². The molecule has 1 aromatic rings. The van der Waals surface area contributed by atoms with Crippen molar-refractivity contribution in [3.63, 3.8) is 0 Å². The molecular weight excluding hydrogens is 202 g/mol. The van der Waals surface area contributed by atoms with Crippen LogP contribution in [0.3, 0.4) is 0 Å². The highest BCUT2D eigenvalue weighted by Gasteiger charge is 2.06. The molecule has 0 aliphatic rings. The number of hydrogen-bond donors (Lipinski definition) is 1. The van der Waals surface area contributed by atoms with Crippen molar-refractivity contribution in [2.45, 2.75) is 30.6 Å². The second kappa shape index (κ2) is 5.57.